The summed E-state index contributed by atoms with van der Waals surface area (Å²) in [7, 11) is 0. The Morgan fingerprint density at radius 1 is 0.682 bits per heavy atom. The van der Waals surface area contributed by atoms with Gasteiger partial charge in [0.25, 0.3) is 0 Å². The van der Waals surface area contributed by atoms with Gasteiger partial charge >= 0.3 is 12.2 Å². The molecule has 8 N–H and O–H groups in total. The molecule has 0 spiro atoms. The van der Waals surface area contributed by atoms with Crippen molar-refractivity contribution in [3.8, 4) is 11.1 Å². The lowest BCUT2D eigenvalue weighted by molar-refractivity contribution is 0.167. The molecule has 44 heavy (non-hydrogen) atoms. The third kappa shape index (κ3) is 8.21. The average Bonchev–Trinajstić information content (AvgIpc) is 2.99. The molecule has 230 valence electrons. The summed E-state index contributed by atoms with van der Waals surface area (Å²) < 4.78 is 37.0. The number of nitrogen functional groups attached to an aromatic ring is 2. The number of aromatic nitrogens is 2. The molecule has 0 saturated carbocycles. The molecular weight excluding hydrogens is 574 g/mol. The Balaban J connectivity index is 1.82. The Hall–Kier alpha value is -5.66. The monoisotopic (exact) mass is 606 g/mol. The molecule has 4 aromatic rings. The van der Waals surface area contributed by atoms with Crippen LogP contribution in [0.15, 0.2) is 60.7 Å². The zero-order valence-corrected chi connectivity index (χ0v) is 24.0. The maximum Gasteiger partial charge on any atom is 0.411 e. The van der Waals surface area contributed by atoms with Gasteiger partial charge in [0.05, 0.1) is 24.6 Å². The normalized spacial score (nSPS) is 10.5. The summed E-state index contributed by atoms with van der Waals surface area (Å²) in [6.07, 6.45) is -1.48. The number of rotatable bonds is 11. The van der Waals surface area contributed by atoms with Gasteiger partial charge in [-0.05, 0) is 61.4 Å². The Bertz CT molecular complexity index is 1500. The van der Waals surface area contributed by atoms with Gasteiger partial charge in [-0.15, -0.1) is 0 Å². The maximum atomic E-state index is 13.5. The van der Waals surface area contributed by atoms with Gasteiger partial charge in [-0.3, -0.25) is 10.6 Å². The number of carbonyl (C=O) groups excluding carboxylic acids is 2. The largest absolute Gasteiger partial charge is 0.450 e. The number of benzene rings is 2. The van der Waals surface area contributed by atoms with E-state index in [0.29, 0.717) is 11.1 Å². The van der Waals surface area contributed by atoms with Crippen molar-refractivity contribution >= 4 is 46.8 Å². The molecule has 0 fully saturated rings. The van der Waals surface area contributed by atoms with Crippen LogP contribution in [0.3, 0.4) is 0 Å². The van der Waals surface area contributed by atoms with Crippen molar-refractivity contribution in [1.82, 2.24) is 9.97 Å². The lowest BCUT2D eigenvalue weighted by Crippen LogP contribution is -2.17. The number of nitrogens with two attached hydrogens (primary N) is 2. The number of halogens is 2. The first-order chi connectivity index (χ1) is 21.2. The predicted octanol–water partition coefficient (Wildman–Crippen LogP) is 5.95. The van der Waals surface area contributed by atoms with E-state index in [2.05, 4.69) is 31.2 Å². The minimum Gasteiger partial charge on any atom is -0.450 e. The van der Waals surface area contributed by atoms with E-state index in [1.165, 1.54) is 24.3 Å². The molecular formula is C30H32F2N8O4. The molecule has 14 heteroatoms. The van der Waals surface area contributed by atoms with Crippen molar-refractivity contribution in [2.45, 2.75) is 26.9 Å². The average molecular weight is 607 g/mol. The first-order valence-corrected chi connectivity index (χ1v) is 13.6. The van der Waals surface area contributed by atoms with Crippen molar-refractivity contribution in [2.75, 3.05) is 45.9 Å². The second-order valence-corrected chi connectivity index (χ2v) is 9.29. The Morgan fingerprint density at radius 3 is 1.39 bits per heavy atom. The number of amides is 2. The number of carbonyl (C=O) groups is 2. The van der Waals surface area contributed by atoms with Gasteiger partial charge in [0.15, 0.2) is 0 Å². The predicted molar refractivity (Wildman–Crippen MR) is 165 cm³/mol. The number of hydrogen-bond acceptors (Lipinski definition) is 10. The number of nitrogens with zero attached hydrogens (tertiary/aromatic N) is 2. The van der Waals surface area contributed by atoms with E-state index in [0.717, 1.165) is 11.1 Å². The van der Waals surface area contributed by atoms with Gasteiger partial charge in [-0.2, -0.15) is 0 Å². The highest BCUT2D eigenvalue weighted by Gasteiger charge is 2.20. The van der Waals surface area contributed by atoms with Crippen LogP contribution < -0.4 is 32.7 Å². The lowest BCUT2D eigenvalue weighted by Gasteiger charge is -2.20. The fraction of sp³-hybridized carbons (Fsp3) is 0.200. The smallest absolute Gasteiger partial charge is 0.411 e. The summed E-state index contributed by atoms with van der Waals surface area (Å²) in [6.45, 7) is 4.05. The van der Waals surface area contributed by atoms with Crippen LogP contribution >= 0.6 is 0 Å². The van der Waals surface area contributed by atoms with E-state index in [1.807, 2.05) is 0 Å². The van der Waals surface area contributed by atoms with Crippen molar-refractivity contribution < 1.29 is 27.8 Å². The summed E-state index contributed by atoms with van der Waals surface area (Å²) in [5.41, 5.74) is 15.0. The van der Waals surface area contributed by atoms with Gasteiger partial charge < -0.3 is 31.6 Å². The first kappa shape index (κ1) is 31.3. The molecule has 0 saturated heterocycles. The van der Waals surface area contributed by atoms with Crippen LogP contribution in [0.2, 0.25) is 0 Å². The van der Waals surface area contributed by atoms with E-state index < -0.39 is 12.2 Å². The summed E-state index contributed by atoms with van der Waals surface area (Å²) in [5, 5.41) is 11.6. The summed E-state index contributed by atoms with van der Waals surface area (Å²) in [4.78, 5) is 33.5. The van der Waals surface area contributed by atoms with Crippen molar-refractivity contribution in [2.24, 2.45) is 0 Å². The van der Waals surface area contributed by atoms with Gasteiger partial charge in [-0.25, -0.2) is 28.3 Å². The van der Waals surface area contributed by atoms with Crippen LogP contribution in [-0.2, 0) is 22.6 Å². The minimum atomic E-state index is -0.742. The second-order valence-electron chi connectivity index (χ2n) is 9.29. The highest BCUT2D eigenvalue weighted by molar-refractivity contribution is 5.96. The second kappa shape index (κ2) is 14.5. The zero-order chi connectivity index (χ0) is 31.6. The molecule has 2 amide bonds. The number of ether oxygens (including phenoxy) is 2. The molecule has 2 aromatic carbocycles. The Kier molecular flexibility index (Phi) is 10.3. The van der Waals surface area contributed by atoms with E-state index in [1.54, 1.807) is 50.2 Å². The van der Waals surface area contributed by atoms with Gasteiger partial charge in [-0.1, -0.05) is 24.3 Å². The fourth-order valence-corrected chi connectivity index (χ4v) is 4.07. The molecule has 4 rings (SSSR count). The van der Waals surface area contributed by atoms with Crippen molar-refractivity contribution in [1.29, 1.82) is 0 Å². The maximum absolute atomic E-state index is 13.5. The van der Waals surface area contributed by atoms with E-state index in [-0.39, 0.29) is 72.6 Å². The third-order valence-electron chi connectivity index (χ3n) is 6.16. The molecule has 2 aromatic heterocycles. The quantitative estimate of drug-likeness (QED) is 0.120. The topological polar surface area (TPSA) is 179 Å². The number of nitrogens with one attached hydrogen (secondary N) is 4. The zero-order valence-electron chi connectivity index (χ0n) is 24.0. The van der Waals surface area contributed by atoms with Gasteiger partial charge in [0.2, 0.25) is 0 Å². The van der Waals surface area contributed by atoms with Crippen LogP contribution in [-0.4, -0.2) is 35.4 Å². The van der Waals surface area contributed by atoms with Crippen LogP contribution in [0, 0.1) is 11.6 Å². The van der Waals surface area contributed by atoms with Gasteiger partial charge in [0.1, 0.15) is 34.9 Å². The molecule has 0 aliphatic rings. The standard InChI is InChI=1S/C30H32F2N8O4/c1-3-43-29(41)37-23-13-21(27(39-25(23)33)35-15-17-5-9-19(31)10-6-17)22-14-24(38-30(42)44-4-2)26(34)40-28(22)36-16-18-7-11-20(32)12-8-18/h5-14H,3-4,15-16H2,1-2H3,(H,37,41)(H,38,42)(H3,33,35,39)(H3,34,36,40). The summed E-state index contributed by atoms with van der Waals surface area (Å²) in [6, 6.07) is 14.9. The molecule has 0 atom stereocenters. The molecule has 0 aliphatic carbocycles. The number of hydrogen-bond donors (Lipinski definition) is 6. The highest BCUT2D eigenvalue weighted by atomic mass is 19.1. The van der Waals surface area contributed by atoms with E-state index in [4.69, 9.17) is 20.9 Å². The summed E-state index contributed by atoms with van der Waals surface area (Å²) in [5.74, 6) is -0.232. The van der Waals surface area contributed by atoms with Crippen molar-refractivity contribution in [3.05, 3.63) is 83.4 Å². The number of anilines is 6. The molecule has 2 heterocycles. The third-order valence-corrected chi connectivity index (χ3v) is 6.16. The Morgan fingerprint density at radius 2 is 1.05 bits per heavy atom. The molecule has 0 unspecified atom stereocenters. The molecule has 0 radical (unpaired) electrons. The van der Waals surface area contributed by atoms with Crippen LogP contribution in [0.4, 0.5) is 53.0 Å². The van der Waals surface area contributed by atoms with Gasteiger partial charge in [0, 0.05) is 24.2 Å². The lowest BCUT2D eigenvalue weighted by atomic mass is 10.0. The SMILES string of the molecule is CCOC(=O)Nc1cc(-c2cc(NC(=O)OCC)c(N)nc2NCc2ccc(F)cc2)c(NCc2ccc(F)cc2)nc1N. The van der Waals surface area contributed by atoms with Crippen molar-refractivity contribution in [3.63, 3.8) is 0 Å². The highest BCUT2D eigenvalue weighted by Crippen LogP contribution is 2.39. The fourth-order valence-electron chi connectivity index (χ4n) is 4.07. The summed E-state index contributed by atoms with van der Waals surface area (Å²) >= 11 is 0. The molecule has 0 bridgehead atoms. The molecule has 12 nitrogen and oxygen atoms in total. The minimum absolute atomic E-state index is 0.0162. The molecule has 0 aliphatic heterocycles. The Labute approximate surface area is 252 Å². The van der Waals surface area contributed by atoms with E-state index in [9.17, 15) is 18.4 Å². The first-order valence-electron chi connectivity index (χ1n) is 13.6. The van der Waals surface area contributed by atoms with Crippen LogP contribution in [0.25, 0.3) is 11.1 Å². The number of pyridine rings is 2. The van der Waals surface area contributed by atoms with Crippen LogP contribution in [0.5, 0.6) is 0 Å². The van der Waals surface area contributed by atoms with E-state index >= 15 is 0 Å². The van der Waals surface area contributed by atoms with Crippen LogP contribution in [0.1, 0.15) is 25.0 Å².